The normalized spacial score (nSPS) is 10.0. The predicted molar refractivity (Wildman–Crippen MR) is 80.4 cm³/mol. The van der Waals surface area contributed by atoms with Crippen LogP contribution in [-0.4, -0.2) is 20.5 Å². The second-order valence-electron chi connectivity index (χ2n) is 4.64. The van der Waals surface area contributed by atoms with Crippen LogP contribution in [0.2, 0.25) is 0 Å². The molecule has 21 heavy (non-hydrogen) atoms. The van der Waals surface area contributed by atoms with E-state index in [4.69, 9.17) is 14.2 Å². The third-order valence-electron chi connectivity index (χ3n) is 3.12. The summed E-state index contributed by atoms with van der Waals surface area (Å²) in [6, 6.07) is 11.2. The smallest absolute Gasteiger partial charge is 0.172 e. The average molecular weight is 286 g/mol. The summed E-state index contributed by atoms with van der Waals surface area (Å²) >= 11 is 0. The van der Waals surface area contributed by atoms with Gasteiger partial charge in [0.1, 0.15) is 12.4 Å². The minimum Gasteiger partial charge on any atom is -0.497 e. The highest BCUT2D eigenvalue weighted by atomic mass is 16.5. The van der Waals surface area contributed by atoms with Gasteiger partial charge in [0.2, 0.25) is 0 Å². The van der Waals surface area contributed by atoms with Crippen LogP contribution in [0, 0.1) is 6.92 Å². The van der Waals surface area contributed by atoms with Crippen LogP contribution in [-0.2, 0) is 6.61 Å². The molecule has 110 valence electrons. The number of methoxy groups -OCH3 is 2. The first-order valence-corrected chi connectivity index (χ1v) is 6.57. The molecule has 0 fully saturated rings. The summed E-state index contributed by atoms with van der Waals surface area (Å²) in [7, 11) is 3.18. The van der Waals surface area contributed by atoms with Gasteiger partial charge in [-0.15, -0.1) is 0 Å². The minimum atomic E-state index is 0.351. The molecule has 0 saturated heterocycles. The van der Waals surface area contributed by atoms with Crippen molar-refractivity contribution in [2.45, 2.75) is 13.5 Å². The molecule has 0 atom stereocenters. The maximum Gasteiger partial charge on any atom is 0.172 e. The van der Waals surface area contributed by atoms with Gasteiger partial charge in [0.25, 0.3) is 0 Å². The largest absolute Gasteiger partial charge is 0.497 e. The van der Waals surface area contributed by atoms with Crippen LogP contribution in [0.3, 0.4) is 0 Å². The summed E-state index contributed by atoms with van der Waals surface area (Å²) in [5, 5.41) is 0. The molecular weight excluding hydrogens is 268 g/mol. The Morgan fingerprint density at radius 1 is 1.05 bits per heavy atom. The highest BCUT2D eigenvalue weighted by molar-refractivity contribution is 5.81. The van der Waals surface area contributed by atoms with Crippen molar-refractivity contribution < 1.29 is 19.0 Å². The fourth-order valence-corrected chi connectivity index (χ4v) is 2.04. The average Bonchev–Trinajstić information content (AvgIpc) is 2.53. The number of rotatable bonds is 6. The number of aryl methyl sites for hydroxylation is 1. The van der Waals surface area contributed by atoms with Crippen molar-refractivity contribution in [3.63, 3.8) is 0 Å². The van der Waals surface area contributed by atoms with E-state index in [0.29, 0.717) is 23.7 Å². The van der Waals surface area contributed by atoms with Crippen LogP contribution < -0.4 is 14.2 Å². The summed E-state index contributed by atoms with van der Waals surface area (Å²) in [6.07, 6.45) is 0.777. The first-order chi connectivity index (χ1) is 10.2. The number of hydrogen-bond donors (Lipinski definition) is 0. The van der Waals surface area contributed by atoms with Crippen molar-refractivity contribution in [3.8, 4) is 17.2 Å². The molecule has 0 bridgehead atoms. The lowest BCUT2D eigenvalue weighted by Crippen LogP contribution is -2.01. The zero-order valence-electron chi connectivity index (χ0n) is 12.4. The van der Waals surface area contributed by atoms with Gasteiger partial charge in [0.15, 0.2) is 17.8 Å². The topological polar surface area (TPSA) is 44.8 Å². The first-order valence-electron chi connectivity index (χ1n) is 6.57. The number of carbonyl (C=O) groups is 1. The van der Waals surface area contributed by atoms with E-state index in [9.17, 15) is 4.79 Å². The molecule has 0 unspecified atom stereocenters. The number of hydrogen-bond acceptors (Lipinski definition) is 4. The van der Waals surface area contributed by atoms with Crippen LogP contribution in [0.5, 0.6) is 17.2 Å². The van der Waals surface area contributed by atoms with Gasteiger partial charge >= 0.3 is 0 Å². The SMILES string of the molecule is COc1ccc(COc2c(C=O)cc(C)cc2OC)cc1. The van der Waals surface area contributed by atoms with Crippen LogP contribution >= 0.6 is 0 Å². The van der Waals surface area contributed by atoms with Gasteiger partial charge in [-0.1, -0.05) is 12.1 Å². The minimum absolute atomic E-state index is 0.351. The lowest BCUT2D eigenvalue weighted by atomic mass is 10.1. The van der Waals surface area contributed by atoms with Crippen LogP contribution in [0.1, 0.15) is 21.5 Å². The Kier molecular flexibility index (Phi) is 4.82. The number of benzene rings is 2. The van der Waals surface area contributed by atoms with E-state index < -0.39 is 0 Å². The van der Waals surface area contributed by atoms with Crippen LogP contribution in [0.25, 0.3) is 0 Å². The van der Waals surface area contributed by atoms with Gasteiger partial charge in [-0.05, 0) is 42.3 Å². The van der Waals surface area contributed by atoms with E-state index >= 15 is 0 Å². The van der Waals surface area contributed by atoms with Gasteiger partial charge in [-0.2, -0.15) is 0 Å². The van der Waals surface area contributed by atoms with E-state index in [0.717, 1.165) is 23.2 Å². The summed E-state index contributed by atoms with van der Waals surface area (Å²) in [5.41, 5.74) is 2.42. The molecule has 2 aromatic carbocycles. The van der Waals surface area contributed by atoms with Gasteiger partial charge < -0.3 is 14.2 Å². The van der Waals surface area contributed by atoms with Crippen LogP contribution in [0.15, 0.2) is 36.4 Å². The summed E-state index contributed by atoms with van der Waals surface area (Å²) in [6.45, 7) is 2.26. The molecule has 2 aromatic rings. The molecule has 0 spiro atoms. The molecule has 2 rings (SSSR count). The van der Waals surface area contributed by atoms with Gasteiger partial charge in [-0.25, -0.2) is 0 Å². The fourth-order valence-electron chi connectivity index (χ4n) is 2.04. The molecule has 0 aliphatic heterocycles. The lowest BCUT2D eigenvalue weighted by molar-refractivity contribution is 0.111. The Morgan fingerprint density at radius 2 is 1.76 bits per heavy atom. The summed E-state index contributed by atoms with van der Waals surface area (Å²) in [4.78, 5) is 11.2. The number of ether oxygens (including phenoxy) is 3. The fraction of sp³-hybridized carbons (Fsp3) is 0.235. The Bertz CT molecular complexity index is 617. The number of carbonyl (C=O) groups excluding carboxylic acids is 1. The number of aldehydes is 1. The molecule has 4 heteroatoms. The standard InChI is InChI=1S/C17H18O4/c1-12-8-14(10-18)17(16(9-12)20-3)21-11-13-4-6-15(19-2)7-5-13/h4-10H,11H2,1-3H3. The van der Waals surface area contributed by atoms with Crippen molar-refractivity contribution >= 4 is 6.29 Å². The van der Waals surface area contributed by atoms with Crippen LogP contribution in [0.4, 0.5) is 0 Å². The Balaban J connectivity index is 2.20. The molecule has 4 nitrogen and oxygen atoms in total. The first kappa shape index (κ1) is 14.9. The molecule has 0 N–H and O–H groups in total. The monoisotopic (exact) mass is 286 g/mol. The maximum absolute atomic E-state index is 11.2. The van der Waals surface area contributed by atoms with Crippen molar-refractivity contribution in [1.82, 2.24) is 0 Å². The lowest BCUT2D eigenvalue weighted by Gasteiger charge is -2.14. The Labute approximate surface area is 124 Å². The molecule has 0 aromatic heterocycles. The van der Waals surface area contributed by atoms with E-state index in [1.807, 2.05) is 37.3 Å². The zero-order chi connectivity index (χ0) is 15.2. The zero-order valence-corrected chi connectivity index (χ0v) is 12.4. The molecule has 0 saturated carbocycles. The third kappa shape index (κ3) is 3.54. The molecular formula is C17H18O4. The van der Waals surface area contributed by atoms with E-state index in [1.165, 1.54) is 0 Å². The predicted octanol–water partition coefficient (Wildman–Crippen LogP) is 3.40. The molecule has 0 aliphatic rings. The van der Waals surface area contributed by atoms with Gasteiger partial charge in [0.05, 0.1) is 19.8 Å². The molecule has 0 heterocycles. The van der Waals surface area contributed by atoms with E-state index in [1.54, 1.807) is 20.3 Å². The van der Waals surface area contributed by atoms with Crippen molar-refractivity contribution in [2.75, 3.05) is 14.2 Å². The summed E-state index contributed by atoms with van der Waals surface area (Å²) in [5.74, 6) is 1.82. The molecule has 0 aliphatic carbocycles. The van der Waals surface area contributed by atoms with Crippen molar-refractivity contribution in [3.05, 3.63) is 53.1 Å². The highest BCUT2D eigenvalue weighted by Crippen LogP contribution is 2.32. The van der Waals surface area contributed by atoms with Gasteiger partial charge in [-0.3, -0.25) is 4.79 Å². The third-order valence-corrected chi connectivity index (χ3v) is 3.12. The second kappa shape index (κ2) is 6.79. The maximum atomic E-state index is 11.2. The second-order valence-corrected chi connectivity index (χ2v) is 4.64. The molecule has 0 amide bonds. The van der Waals surface area contributed by atoms with E-state index in [2.05, 4.69) is 0 Å². The van der Waals surface area contributed by atoms with Crippen molar-refractivity contribution in [1.29, 1.82) is 0 Å². The van der Waals surface area contributed by atoms with Crippen molar-refractivity contribution in [2.24, 2.45) is 0 Å². The Hall–Kier alpha value is -2.49. The van der Waals surface area contributed by atoms with E-state index in [-0.39, 0.29) is 0 Å². The van der Waals surface area contributed by atoms with Gasteiger partial charge in [0, 0.05) is 0 Å². The Morgan fingerprint density at radius 3 is 2.33 bits per heavy atom. The highest BCUT2D eigenvalue weighted by Gasteiger charge is 2.12. The summed E-state index contributed by atoms with van der Waals surface area (Å²) < 4.78 is 16.2. The molecule has 0 radical (unpaired) electrons. The quantitative estimate of drug-likeness (QED) is 0.763.